The van der Waals surface area contributed by atoms with Crippen LogP contribution >= 0.6 is 11.6 Å². The van der Waals surface area contributed by atoms with Gasteiger partial charge >= 0.3 is 0 Å². The zero-order valence-electron chi connectivity index (χ0n) is 10.2. The highest BCUT2D eigenvalue weighted by molar-refractivity contribution is 6.33. The van der Waals surface area contributed by atoms with E-state index in [0.717, 1.165) is 5.56 Å². The molecule has 0 aromatic heterocycles. The minimum absolute atomic E-state index is 0.0249. The third-order valence-corrected chi connectivity index (χ3v) is 2.64. The maximum Gasteiger partial charge on any atom is 0.234 e. The molecule has 0 fully saturated rings. The molecule has 94 valence electrons. The zero-order valence-corrected chi connectivity index (χ0v) is 10.9. The van der Waals surface area contributed by atoms with Gasteiger partial charge in [-0.25, -0.2) is 0 Å². The van der Waals surface area contributed by atoms with Crippen molar-refractivity contribution in [3.05, 3.63) is 28.8 Å². The van der Waals surface area contributed by atoms with E-state index in [0.29, 0.717) is 30.3 Å². The Balaban J connectivity index is 2.53. The van der Waals surface area contributed by atoms with Crippen LogP contribution in [0.4, 0.5) is 5.69 Å². The number of nitrogens with zero attached hydrogens (tertiary/aromatic N) is 1. The second kappa shape index (κ2) is 6.47. The molecule has 5 heteroatoms. The normalized spacial score (nSPS) is 10.6. The van der Waals surface area contributed by atoms with Crippen molar-refractivity contribution in [1.82, 2.24) is 10.2 Å². The predicted octanol–water partition coefficient (Wildman–Crippen LogP) is 1.49. The first kappa shape index (κ1) is 13.8. The molecule has 0 aliphatic rings. The molecule has 17 heavy (non-hydrogen) atoms. The van der Waals surface area contributed by atoms with E-state index in [-0.39, 0.29) is 5.91 Å². The first-order chi connectivity index (χ1) is 8.02. The van der Waals surface area contributed by atoms with Gasteiger partial charge in [-0.05, 0) is 31.7 Å². The van der Waals surface area contributed by atoms with E-state index >= 15 is 0 Å². The number of amides is 1. The molecule has 3 N–H and O–H groups in total. The molecule has 0 saturated heterocycles. The predicted molar refractivity (Wildman–Crippen MR) is 70.9 cm³/mol. The summed E-state index contributed by atoms with van der Waals surface area (Å²) in [6.45, 7) is 3.59. The van der Waals surface area contributed by atoms with Crippen LogP contribution in [0.1, 0.15) is 12.5 Å². The van der Waals surface area contributed by atoms with Crippen LogP contribution in [0.25, 0.3) is 0 Å². The largest absolute Gasteiger partial charge is 0.398 e. The van der Waals surface area contributed by atoms with Crippen molar-refractivity contribution in [3.8, 4) is 0 Å². The summed E-state index contributed by atoms with van der Waals surface area (Å²) in [7, 11) is 1.89. The van der Waals surface area contributed by atoms with Gasteiger partial charge in [-0.15, -0.1) is 0 Å². The van der Waals surface area contributed by atoms with E-state index in [1.54, 1.807) is 6.07 Å². The van der Waals surface area contributed by atoms with Gasteiger partial charge in [-0.3, -0.25) is 9.69 Å². The Labute approximate surface area is 107 Å². The molecule has 0 heterocycles. The van der Waals surface area contributed by atoms with Gasteiger partial charge in [0.25, 0.3) is 0 Å². The number of rotatable bonds is 5. The van der Waals surface area contributed by atoms with Gasteiger partial charge in [0.15, 0.2) is 0 Å². The van der Waals surface area contributed by atoms with E-state index in [1.807, 2.05) is 31.0 Å². The van der Waals surface area contributed by atoms with E-state index in [9.17, 15) is 4.79 Å². The molecule has 0 aliphatic heterocycles. The molecule has 0 atom stereocenters. The Hall–Kier alpha value is -1.26. The van der Waals surface area contributed by atoms with Crippen molar-refractivity contribution in [2.24, 2.45) is 0 Å². The van der Waals surface area contributed by atoms with Crippen LogP contribution in [0.15, 0.2) is 18.2 Å². The number of carbonyl (C=O) groups excluding carboxylic acids is 1. The molecular formula is C12H18ClN3O. The lowest BCUT2D eigenvalue weighted by molar-refractivity contribution is -0.121. The molecule has 1 aromatic rings. The van der Waals surface area contributed by atoms with Crippen molar-refractivity contribution in [2.45, 2.75) is 13.5 Å². The van der Waals surface area contributed by atoms with Crippen molar-refractivity contribution in [1.29, 1.82) is 0 Å². The number of hydrogen-bond donors (Lipinski definition) is 2. The first-order valence-corrected chi connectivity index (χ1v) is 5.90. The van der Waals surface area contributed by atoms with Crippen molar-refractivity contribution in [2.75, 3.05) is 25.9 Å². The second-order valence-electron chi connectivity index (χ2n) is 3.98. The lowest BCUT2D eigenvalue weighted by Crippen LogP contribution is -2.34. The van der Waals surface area contributed by atoms with E-state index < -0.39 is 0 Å². The highest BCUT2D eigenvalue weighted by atomic mass is 35.5. The number of nitrogens with two attached hydrogens (primary N) is 1. The molecule has 0 radical (unpaired) electrons. The first-order valence-electron chi connectivity index (χ1n) is 5.52. The molecule has 0 spiro atoms. The smallest absolute Gasteiger partial charge is 0.234 e. The second-order valence-corrected chi connectivity index (χ2v) is 4.39. The summed E-state index contributed by atoms with van der Waals surface area (Å²) in [6.07, 6.45) is 0. The van der Waals surface area contributed by atoms with Gasteiger partial charge in [0.05, 0.1) is 17.3 Å². The van der Waals surface area contributed by atoms with Crippen LogP contribution in [0.3, 0.4) is 0 Å². The van der Waals surface area contributed by atoms with Crippen LogP contribution in [0.2, 0.25) is 5.02 Å². The Morgan fingerprint density at radius 1 is 1.53 bits per heavy atom. The van der Waals surface area contributed by atoms with Crippen LogP contribution in [-0.4, -0.2) is 30.9 Å². The van der Waals surface area contributed by atoms with Gasteiger partial charge in [-0.1, -0.05) is 17.7 Å². The number of nitrogens with one attached hydrogen (secondary N) is 1. The molecule has 0 bridgehead atoms. The van der Waals surface area contributed by atoms with Crippen molar-refractivity contribution >= 4 is 23.2 Å². The topological polar surface area (TPSA) is 58.4 Å². The average molecular weight is 256 g/mol. The van der Waals surface area contributed by atoms with E-state index in [2.05, 4.69) is 5.32 Å². The molecule has 0 saturated carbocycles. The highest BCUT2D eigenvalue weighted by Gasteiger charge is 2.06. The fourth-order valence-corrected chi connectivity index (χ4v) is 1.67. The van der Waals surface area contributed by atoms with E-state index in [1.165, 1.54) is 0 Å². The lowest BCUT2D eigenvalue weighted by Gasteiger charge is -2.16. The van der Waals surface area contributed by atoms with Crippen molar-refractivity contribution < 1.29 is 4.79 Å². The molecule has 0 unspecified atom stereocenters. The number of benzene rings is 1. The number of nitrogen functional groups attached to an aromatic ring is 1. The summed E-state index contributed by atoms with van der Waals surface area (Å²) in [5, 5.41) is 3.31. The monoisotopic (exact) mass is 255 g/mol. The summed E-state index contributed by atoms with van der Waals surface area (Å²) in [6, 6.07) is 5.51. The molecular weight excluding hydrogens is 238 g/mol. The van der Waals surface area contributed by atoms with Crippen LogP contribution in [-0.2, 0) is 11.3 Å². The maximum atomic E-state index is 11.4. The lowest BCUT2D eigenvalue weighted by atomic mass is 10.2. The summed E-state index contributed by atoms with van der Waals surface area (Å²) >= 11 is 5.84. The minimum atomic E-state index is 0.0249. The summed E-state index contributed by atoms with van der Waals surface area (Å²) in [5.74, 6) is 0.0249. The molecule has 4 nitrogen and oxygen atoms in total. The highest BCUT2D eigenvalue weighted by Crippen LogP contribution is 2.19. The Bertz CT molecular complexity index is 395. The Kier molecular flexibility index (Phi) is 5.25. The van der Waals surface area contributed by atoms with E-state index in [4.69, 9.17) is 17.3 Å². The molecule has 1 rings (SSSR count). The average Bonchev–Trinajstić information content (AvgIpc) is 2.23. The van der Waals surface area contributed by atoms with Gasteiger partial charge in [-0.2, -0.15) is 0 Å². The standard InChI is InChI=1S/C12H18ClN3O/c1-3-15-12(17)8-16(2)7-9-4-5-10(13)11(14)6-9/h4-6H,3,7-8,14H2,1-2H3,(H,15,17). The third kappa shape index (κ3) is 4.63. The third-order valence-electron chi connectivity index (χ3n) is 2.30. The van der Waals surface area contributed by atoms with Crippen LogP contribution in [0.5, 0.6) is 0 Å². The van der Waals surface area contributed by atoms with Crippen LogP contribution < -0.4 is 11.1 Å². The number of halogens is 1. The number of carbonyl (C=O) groups is 1. The van der Waals surface area contributed by atoms with Gasteiger partial charge in [0.2, 0.25) is 5.91 Å². The van der Waals surface area contributed by atoms with Crippen molar-refractivity contribution in [3.63, 3.8) is 0 Å². The molecule has 1 aromatic carbocycles. The number of anilines is 1. The van der Waals surface area contributed by atoms with Crippen LogP contribution in [0, 0.1) is 0 Å². The van der Waals surface area contributed by atoms with Gasteiger partial charge in [0.1, 0.15) is 0 Å². The zero-order chi connectivity index (χ0) is 12.8. The maximum absolute atomic E-state index is 11.4. The Morgan fingerprint density at radius 3 is 2.82 bits per heavy atom. The summed E-state index contributed by atoms with van der Waals surface area (Å²) in [4.78, 5) is 13.3. The SMILES string of the molecule is CCNC(=O)CN(C)Cc1ccc(Cl)c(N)c1. The minimum Gasteiger partial charge on any atom is -0.398 e. The summed E-state index contributed by atoms with van der Waals surface area (Å²) in [5.41, 5.74) is 7.32. The van der Waals surface area contributed by atoms with Gasteiger partial charge < -0.3 is 11.1 Å². The molecule has 0 aliphatic carbocycles. The fraction of sp³-hybridized carbons (Fsp3) is 0.417. The number of likely N-dealkylation sites (N-methyl/N-ethyl adjacent to an activating group) is 2. The summed E-state index contributed by atoms with van der Waals surface area (Å²) < 4.78 is 0. The fourth-order valence-electron chi connectivity index (χ4n) is 1.56. The van der Waals surface area contributed by atoms with Gasteiger partial charge in [0, 0.05) is 13.1 Å². The Morgan fingerprint density at radius 2 is 2.24 bits per heavy atom. The molecule has 1 amide bonds. The number of hydrogen-bond acceptors (Lipinski definition) is 3. The quantitative estimate of drug-likeness (QED) is 0.784.